The summed E-state index contributed by atoms with van der Waals surface area (Å²) < 4.78 is 37.7. The predicted molar refractivity (Wildman–Crippen MR) is 121 cm³/mol. The number of imide groups is 1. The number of hydrogen-bond acceptors (Lipinski definition) is 4. The number of carbonyl (C=O) groups is 2. The van der Waals surface area contributed by atoms with Crippen LogP contribution in [0.15, 0.2) is 71.9 Å². The molecule has 170 valence electrons. The largest absolute Gasteiger partial charge is 0.446 e. The van der Waals surface area contributed by atoms with E-state index in [9.17, 15) is 22.8 Å². The zero-order valence-electron chi connectivity index (χ0n) is 17.1. The summed E-state index contributed by atoms with van der Waals surface area (Å²) in [6, 6.07) is 12.6. The Balaban J connectivity index is 1.61. The Hall–Kier alpha value is -3.04. The molecule has 5 nitrogen and oxygen atoms in total. The van der Waals surface area contributed by atoms with Gasteiger partial charge in [-0.1, -0.05) is 36.7 Å². The zero-order chi connectivity index (χ0) is 23.8. The first-order valence-corrected chi connectivity index (χ1v) is 11.0. The minimum atomic E-state index is -4.42. The molecule has 1 saturated heterocycles. The average molecular weight is 492 g/mol. The van der Waals surface area contributed by atoms with E-state index in [-0.39, 0.29) is 22.3 Å². The summed E-state index contributed by atoms with van der Waals surface area (Å²) in [5.41, 5.74) is -1.97. The average Bonchev–Trinajstić information content (AvgIpc) is 3.07. The standard InChI is InChI=1S/C23H17ClF3N3O2S/c1-13(16-10-11-28-12-18(16)17-4-2-3-5-19(17)24)20-21(31)30(22(32)29-20)14-6-8-15(9-7-14)33-23(25,26)27/h2-13,20H,1H3,(H,29,32). The molecular weight excluding hydrogens is 475 g/mol. The van der Waals surface area contributed by atoms with Gasteiger partial charge in [0.1, 0.15) is 6.04 Å². The van der Waals surface area contributed by atoms with Crippen LogP contribution in [0.2, 0.25) is 5.02 Å². The van der Waals surface area contributed by atoms with Crippen LogP contribution in [0.3, 0.4) is 0 Å². The van der Waals surface area contributed by atoms with Crippen LogP contribution in [-0.2, 0) is 4.79 Å². The number of aromatic nitrogens is 1. The van der Waals surface area contributed by atoms with Crippen molar-refractivity contribution >= 4 is 41.0 Å². The van der Waals surface area contributed by atoms with Gasteiger partial charge in [-0.05, 0) is 53.7 Å². The quantitative estimate of drug-likeness (QED) is 0.339. The summed E-state index contributed by atoms with van der Waals surface area (Å²) in [5.74, 6) is -0.925. The smallest absolute Gasteiger partial charge is 0.325 e. The third-order valence-corrected chi connectivity index (χ3v) is 6.38. The van der Waals surface area contributed by atoms with Crippen molar-refractivity contribution in [1.82, 2.24) is 10.3 Å². The molecule has 3 amide bonds. The summed E-state index contributed by atoms with van der Waals surface area (Å²) >= 11 is 6.09. The number of rotatable bonds is 5. The number of alkyl halides is 3. The lowest BCUT2D eigenvalue weighted by Crippen LogP contribution is -2.35. The second kappa shape index (κ2) is 9.07. The molecule has 2 aromatic carbocycles. The number of halogens is 4. The lowest BCUT2D eigenvalue weighted by molar-refractivity contribution is -0.118. The fraction of sp³-hybridized carbons (Fsp3) is 0.174. The van der Waals surface area contributed by atoms with E-state index < -0.39 is 29.4 Å². The summed E-state index contributed by atoms with van der Waals surface area (Å²) in [5, 5.41) is 3.22. The minimum Gasteiger partial charge on any atom is -0.325 e. The fourth-order valence-corrected chi connectivity index (χ4v) is 4.54. The number of carbonyl (C=O) groups excluding carboxylic acids is 2. The van der Waals surface area contributed by atoms with Crippen LogP contribution in [0.1, 0.15) is 18.4 Å². The lowest BCUT2D eigenvalue weighted by atomic mass is 9.88. The van der Waals surface area contributed by atoms with Gasteiger partial charge in [0.25, 0.3) is 5.91 Å². The van der Waals surface area contributed by atoms with E-state index >= 15 is 0 Å². The van der Waals surface area contributed by atoms with E-state index in [1.165, 1.54) is 24.3 Å². The van der Waals surface area contributed by atoms with Gasteiger partial charge in [0.2, 0.25) is 0 Å². The Labute approximate surface area is 197 Å². The second-order valence-electron chi connectivity index (χ2n) is 7.37. The highest BCUT2D eigenvalue weighted by atomic mass is 35.5. The summed E-state index contributed by atoms with van der Waals surface area (Å²) in [4.78, 5) is 30.9. The molecule has 2 atom stereocenters. The SMILES string of the molecule is CC(c1ccncc1-c1ccccc1Cl)C1NC(=O)N(c2ccc(SC(F)(F)F)cc2)C1=O. The molecule has 33 heavy (non-hydrogen) atoms. The van der Waals surface area contributed by atoms with Gasteiger partial charge in [0.05, 0.1) is 5.69 Å². The van der Waals surface area contributed by atoms with Crippen molar-refractivity contribution in [2.45, 2.75) is 29.3 Å². The Morgan fingerprint density at radius 1 is 1.06 bits per heavy atom. The molecule has 4 rings (SSSR count). The molecule has 1 N–H and O–H groups in total. The number of pyridine rings is 1. The van der Waals surface area contributed by atoms with Gasteiger partial charge in [-0.2, -0.15) is 13.2 Å². The van der Waals surface area contributed by atoms with Gasteiger partial charge in [-0.15, -0.1) is 0 Å². The molecule has 0 spiro atoms. The molecule has 0 bridgehead atoms. The molecule has 2 heterocycles. The number of amides is 3. The topological polar surface area (TPSA) is 62.3 Å². The fourth-order valence-electron chi connectivity index (χ4n) is 3.77. The highest BCUT2D eigenvalue weighted by molar-refractivity contribution is 8.00. The van der Waals surface area contributed by atoms with Gasteiger partial charge < -0.3 is 5.32 Å². The number of nitrogens with one attached hydrogen (secondary N) is 1. The van der Waals surface area contributed by atoms with E-state index in [4.69, 9.17) is 11.6 Å². The normalized spacial score (nSPS) is 17.2. The third-order valence-electron chi connectivity index (χ3n) is 5.31. The first kappa shape index (κ1) is 23.1. The molecule has 1 aromatic heterocycles. The van der Waals surface area contributed by atoms with Crippen LogP contribution in [0.5, 0.6) is 0 Å². The third kappa shape index (κ3) is 4.84. The zero-order valence-corrected chi connectivity index (χ0v) is 18.7. The maximum atomic E-state index is 13.2. The Morgan fingerprint density at radius 2 is 1.76 bits per heavy atom. The van der Waals surface area contributed by atoms with E-state index in [0.717, 1.165) is 21.6 Å². The summed E-state index contributed by atoms with van der Waals surface area (Å²) in [7, 11) is 0. The van der Waals surface area contributed by atoms with E-state index in [2.05, 4.69) is 10.3 Å². The number of benzene rings is 2. The van der Waals surface area contributed by atoms with Crippen molar-refractivity contribution in [2.24, 2.45) is 0 Å². The molecular formula is C23H17ClF3N3O2S. The van der Waals surface area contributed by atoms with Gasteiger partial charge in [-0.3, -0.25) is 9.78 Å². The van der Waals surface area contributed by atoms with E-state index in [1.807, 2.05) is 25.1 Å². The molecule has 1 fully saturated rings. The van der Waals surface area contributed by atoms with Crippen LogP contribution in [0.25, 0.3) is 11.1 Å². The maximum Gasteiger partial charge on any atom is 0.446 e. The van der Waals surface area contributed by atoms with Crippen molar-refractivity contribution in [3.8, 4) is 11.1 Å². The van der Waals surface area contributed by atoms with Gasteiger partial charge in [-0.25, -0.2) is 9.69 Å². The van der Waals surface area contributed by atoms with Crippen LogP contribution >= 0.6 is 23.4 Å². The molecule has 0 radical (unpaired) electrons. The number of anilines is 1. The number of thioether (sulfide) groups is 1. The maximum absolute atomic E-state index is 13.2. The first-order valence-electron chi connectivity index (χ1n) is 9.85. The molecule has 0 saturated carbocycles. The second-order valence-corrected chi connectivity index (χ2v) is 8.92. The minimum absolute atomic E-state index is 0.0376. The Bertz CT molecular complexity index is 1200. The van der Waals surface area contributed by atoms with Crippen molar-refractivity contribution in [2.75, 3.05) is 4.90 Å². The van der Waals surface area contributed by atoms with Crippen molar-refractivity contribution in [3.63, 3.8) is 0 Å². The highest BCUT2D eigenvalue weighted by Crippen LogP contribution is 2.39. The number of nitrogens with zero attached hydrogens (tertiary/aromatic N) is 2. The van der Waals surface area contributed by atoms with E-state index in [1.54, 1.807) is 24.5 Å². The van der Waals surface area contributed by atoms with Gasteiger partial charge in [0.15, 0.2) is 0 Å². The van der Waals surface area contributed by atoms with Crippen LogP contribution in [0, 0.1) is 0 Å². The van der Waals surface area contributed by atoms with Crippen molar-refractivity contribution in [1.29, 1.82) is 0 Å². The molecule has 3 aromatic rings. The summed E-state index contributed by atoms with van der Waals surface area (Å²) in [6.07, 6.45) is 3.26. The monoisotopic (exact) mass is 491 g/mol. The summed E-state index contributed by atoms with van der Waals surface area (Å²) in [6.45, 7) is 1.81. The Morgan fingerprint density at radius 3 is 2.42 bits per heavy atom. The van der Waals surface area contributed by atoms with Crippen molar-refractivity contribution < 1.29 is 22.8 Å². The number of urea groups is 1. The Kier molecular flexibility index (Phi) is 6.36. The van der Waals surface area contributed by atoms with Gasteiger partial charge >= 0.3 is 11.5 Å². The molecule has 2 unspecified atom stereocenters. The lowest BCUT2D eigenvalue weighted by Gasteiger charge is -2.21. The van der Waals surface area contributed by atoms with Gasteiger partial charge in [0, 0.05) is 39.4 Å². The molecule has 1 aliphatic rings. The van der Waals surface area contributed by atoms with Crippen molar-refractivity contribution in [3.05, 3.63) is 77.6 Å². The highest BCUT2D eigenvalue weighted by Gasteiger charge is 2.43. The van der Waals surface area contributed by atoms with E-state index in [0.29, 0.717) is 5.02 Å². The van der Waals surface area contributed by atoms with Crippen LogP contribution in [0.4, 0.5) is 23.7 Å². The molecule has 1 aliphatic heterocycles. The van der Waals surface area contributed by atoms with Crippen LogP contribution < -0.4 is 10.2 Å². The first-order chi connectivity index (χ1) is 15.7. The predicted octanol–water partition coefficient (Wildman–Crippen LogP) is 6.24. The molecule has 10 heteroatoms. The number of hydrogen-bond donors (Lipinski definition) is 1. The van der Waals surface area contributed by atoms with Crippen LogP contribution in [-0.4, -0.2) is 28.5 Å². The molecule has 0 aliphatic carbocycles.